The smallest absolute Gasteiger partial charge is 0.408 e. The first-order chi connectivity index (χ1) is 13.4. The molecule has 0 spiro atoms. The van der Waals surface area contributed by atoms with E-state index in [0.717, 1.165) is 5.56 Å². The number of oxazole rings is 1. The number of rotatable bonds is 6. The van der Waals surface area contributed by atoms with Crippen molar-refractivity contribution >= 4 is 28.6 Å². The fraction of sp³-hybridized carbons (Fsp3) is 0.286. The largest absolute Gasteiger partial charge is 0.419 e. The van der Waals surface area contributed by atoms with Gasteiger partial charge in [0, 0.05) is 30.8 Å². The summed E-state index contributed by atoms with van der Waals surface area (Å²) in [6, 6.07) is 10.7. The highest BCUT2D eigenvalue weighted by Crippen LogP contribution is 2.20. The lowest BCUT2D eigenvalue weighted by molar-refractivity contribution is -0.116. The van der Waals surface area contributed by atoms with E-state index in [0.29, 0.717) is 34.5 Å². The molecular weight excluding hydrogens is 358 g/mol. The van der Waals surface area contributed by atoms with Crippen molar-refractivity contribution in [3.8, 4) is 0 Å². The number of benzene rings is 2. The minimum Gasteiger partial charge on any atom is -0.408 e. The standard InChI is InChI=1S/C21H23N3O4/c1-4-22-20(26)15-6-5-7-16(14(15)3)23-19(25)10-11-24-17-12-13(2)8-9-18(17)28-21(24)27/h5-9,12H,4,10-11H2,1-3H3,(H,22,26)(H,23,25). The number of nitrogens with one attached hydrogen (secondary N) is 2. The summed E-state index contributed by atoms with van der Waals surface area (Å²) in [7, 11) is 0. The van der Waals surface area contributed by atoms with E-state index in [1.807, 2.05) is 26.0 Å². The molecule has 0 saturated heterocycles. The highest BCUT2D eigenvalue weighted by molar-refractivity contribution is 5.99. The van der Waals surface area contributed by atoms with Gasteiger partial charge in [0.15, 0.2) is 5.58 Å². The highest BCUT2D eigenvalue weighted by atomic mass is 16.4. The molecule has 0 fully saturated rings. The third-order valence-corrected chi connectivity index (χ3v) is 4.58. The lowest BCUT2D eigenvalue weighted by Crippen LogP contribution is -2.24. The van der Waals surface area contributed by atoms with Crippen LogP contribution in [0.3, 0.4) is 0 Å². The average Bonchev–Trinajstić information content (AvgIpc) is 2.96. The Morgan fingerprint density at radius 2 is 1.93 bits per heavy atom. The Labute approximate surface area is 162 Å². The van der Waals surface area contributed by atoms with Crippen molar-refractivity contribution in [2.24, 2.45) is 0 Å². The SMILES string of the molecule is CCNC(=O)c1cccc(NC(=O)CCn2c(=O)oc3ccc(C)cc32)c1C. The molecule has 7 heteroatoms. The van der Waals surface area contributed by atoms with Gasteiger partial charge in [0.25, 0.3) is 5.91 Å². The number of amides is 2. The van der Waals surface area contributed by atoms with Crippen LogP contribution in [0.1, 0.15) is 34.8 Å². The lowest BCUT2D eigenvalue weighted by atomic mass is 10.1. The molecule has 7 nitrogen and oxygen atoms in total. The van der Waals surface area contributed by atoms with Crippen molar-refractivity contribution in [3.05, 3.63) is 63.6 Å². The molecule has 0 aliphatic rings. The zero-order valence-corrected chi connectivity index (χ0v) is 16.2. The third-order valence-electron chi connectivity index (χ3n) is 4.58. The van der Waals surface area contributed by atoms with Crippen LogP contribution in [0.4, 0.5) is 5.69 Å². The summed E-state index contributed by atoms with van der Waals surface area (Å²) >= 11 is 0. The van der Waals surface area contributed by atoms with E-state index in [2.05, 4.69) is 10.6 Å². The normalized spacial score (nSPS) is 10.8. The molecule has 1 aromatic heterocycles. The molecular formula is C21H23N3O4. The van der Waals surface area contributed by atoms with Crippen molar-refractivity contribution in [1.29, 1.82) is 0 Å². The number of hydrogen-bond acceptors (Lipinski definition) is 4. The maximum atomic E-state index is 12.4. The second-order valence-electron chi connectivity index (χ2n) is 6.63. The van der Waals surface area contributed by atoms with Crippen LogP contribution in [0.15, 0.2) is 45.6 Å². The molecule has 0 aliphatic heterocycles. The van der Waals surface area contributed by atoms with Crippen molar-refractivity contribution in [2.45, 2.75) is 33.7 Å². The number of fused-ring (bicyclic) bond motifs is 1. The van der Waals surface area contributed by atoms with Crippen molar-refractivity contribution in [3.63, 3.8) is 0 Å². The summed E-state index contributed by atoms with van der Waals surface area (Å²) in [6.07, 6.45) is 0.104. The number of aryl methyl sites for hydroxylation is 2. The molecule has 2 N–H and O–H groups in total. The molecule has 2 aromatic carbocycles. The Morgan fingerprint density at radius 1 is 1.14 bits per heavy atom. The lowest BCUT2D eigenvalue weighted by Gasteiger charge is -2.12. The van der Waals surface area contributed by atoms with E-state index in [1.54, 1.807) is 31.2 Å². The third kappa shape index (κ3) is 3.98. The zero-order valence-electron chi connectivity index (χ0n) is 16.2. The fourth-order valence-corrected chi connectivity index (χ4v) is 3.08. The number of carbonyl (C=O) groups is 2. The minimum atomic E-state index is -0.484. The first-order valence-electron chi connectivity index (χ1n) is 9.18. The molecule has 0 atom stereocenters. The quantitative estimate of drug-likeness (QED) is 0.686. The van der Waals surface area contributed by atoms with Gasteiger partial charge in [-0.3, -0.25) is 14.2 Å². The number of aromatic nitrogens is 1. The van der Waals surface area contributed by atoms with E-state index >= 15 is 0 Å². The van der Waals surface area contributed by atoms with Gasteiger partial charge < -0.3 is 15.1 Å². The Hall–Kier alpha value is -3.35. The maximum absolute atomic E-state index is 12.4. The Morgan fingerprint density at radius 3 is 2.68 bits per heavy atom. The maximum Gasteiger partial charge on any atom is 0.419 e. The van der Waals surface area contributed by atoms with Crippen molar-refractivity contribution in [2.75, 3.05) is 11.9 Å². The molecule has 1 heterocycles. The molecule has 2 amide bonds. The molecule has 0 unspecified atom stereocenters. The van der Waals surface area contributed by atoms with E-state index in [-0.39, 0.29) is 24.8 Å². The van der Waals surface area contributed by atoms with Gasteiger partial charge in [-0.1, -0.05) is 12.1 Å². The van der Waals surface area contributed by atoms with Gasteiger partial charge in [0.1, 0.15) is 0 Å². The number of nitrogens with zero attached hydrogens (tertiary/aromatic N) is 1. The topological polar surface area (TPSA) is 93.3 Å². The van der Waals surface area contributed by atoms with Gasteiger partial charge >= 0.3 is 5.76 Å². The van der Waals surface area contributed by atoms with Gasteiger partial charge in [-0.25, -0.2) is 4.79 Å². The van der Waals surface area contributed by atoms with Crippen LogP contribution in [0.5, 0.6) is 0 Å². The average molecular weight is 381 g/mol. The van der Waals surface area contributed by atoms with Gasteiger partial charge in [0.2, 0.25) is 5.91 Å². The summed E-state index contributed by atoms with van der Waals surface area (Å²) in [4.78, 5) is 36.6. The van der Waals surface area contributed by atoms with E-state index in [9.17, 15) is 14.4 Å². The fourth-order valence-electron chi connectivity index (χ4n) is 3.08. The van der Waals surface area contributed by atoms with Crippen LogP contribution in [-0.4, -0.2) is 22.9 Å². The summed E-state index contributed by atoms with van der Waals surface area (Å²) in [5.41, 5.74) is 3.97. The van der Waals surface area contributed by atoms with Gasteiger partial charge in [-0.2, -0.15) is 0 Å². The molecule has 0 bridgehead atoms. The Bertz CT molecular complexity index is 1090. The molecule has 3 aromatic rings. The van der Waals surface area contributed by atoms with Gasteiger partial charge in [-0.15, -0.1) is 0 Å². The Balaban J connectivity index is 1.73. The van der Waals surface area contributed by atoms with Crippen LogP contribution in [0.2, 0.25) is 0 Å². The van der Waals surface area contributed by atoms with E-state index < -0.39 is 5.76 Å². The van der Waals surface area contributed by atoms with Gasteiger partial charge in [0.05, 0.1) is 5.52 Å². The number of carbonyl (C=O) groups excluding carboxylic acids is 2. The summed E-state index contributed by atoms with van der Waals surface area (Å²) < 4.78 is 6.68. The van der Waals surface area contributed by atoms with Crippen LogP contribution in [0, 0.1) is 13.8 Å². The van der Waals surface area contributed by atoms with Crippen LogP contribution >= 0.6 is 0 Å². The minimum absolute atomic E-state index is 0.104. The van der Waals surface area contributed by atoms with Crippen LogP contribution < -0.4 is 16.4 Å². The van der Waals surface area contributed by atoms with Crippen molar-refractivity contribution < 1.29 is 14.0 Å². The molecule has 28 heavy (non-hydrogen) atoms. The number of hydrogen-bond donors (Lipinski definition) is 2. The molecule has 0 saturated carbocycles. The number of anilines is 1. The van der Waals surface area contributed by atoms with Crippen molar-refractivity contribution in [1.82, 2.24) is 9.88 Å². The summed E-state index contributed by atoms with van der Waals surface area (Å²) in [5, 5.41) is 5.58. The first kappa shape index (κ1) is 19.4. The summed E-state index contributed by atoms with van der Waals surface area (Å²) in [6.45, 7) is 6.30. The summed E-state index contributed by atoms with van der Waals surface area (Å²) in [5.74, 6) is -0.907. The highest BCUT2D eigenvalue weighted by Gasteiger charge is 2.14. The second-order valence-corrected chi connectivity index (χ2v) is 6.63. The molecule has 146 valence electrons. The Kier molecular flexibility index (Phi) is 5.63. The molecule has 3 rings (SSSR count). The zero-order chi connectivity index (χ0) is 20.3. The predicted octanol–water partition coefficient (Wildman–Crippen LogP) is 2.99. The van der Waals surface area contributed by atoms with E-state index in [4.69, 9.17) is 4.42 Å². The van der Waals surface area contributed by atoms with E-state index in [1.165, 1.54) is 4.57 Å². The van der Waals surface area contributed by atoms with Crippen LogP contribution in [0.25, 0.3) is 11.1 Å². The molecule has 0 radical (unpaired) electrons. The monoisotopic (exact) mass is 381 g/mol. The van der Waals surface area contributed by atoms with Crippen LogP contribution in [-0.2, 0) is 11.3 Å². The second kappa shape index (κ2) is 8.12. The molecule has 0 aliphatic carbocycles. The predicted molar refractivity (Wildman–Crippen MR) is 108 cm³/mol. The van der Waals surface area contributed by atoms with Gasteiger partial charge in [-0.05, 0) is 56.2 Å². The first-order valence-corrected chi connectivity index (χ1v) is 9.18.